The lowest BCUT2D eigenvalue weighted by Crippen LogP contribution is -2.45. The molecule has 1 atom stereocenters. The van der Waals surface area contributed by atoms with Crippen LogP contribution in [0.2, 0.25) is 0 Å². The predicted octanol–water partition coefficient (Wildman–Crippen LogP) is 0.663. The summed E-state index contributed by atoms with van der Waals surface area (Å²) >= 11 is 0. The Kier molecular flexibility index (Phi) is 7.24. The van der Waals surface area contributed by atoms with Crippen molar-refractivity contribution in [3.8, 4) is 0 Å². The van der Waals surface area contributed by atoms with Crippen LogP contribution in [0.3, 0.4) is 0 Å². The van der Waals surface area contributed by atoms with Gasteiger partial charge in [0.1, 0.15) is 6.04 Å². The molecule has 2 aromatic rings. The van der Waals surface area contributed by atoms with Crippen LogP contribution in [0.15, 0.2) is 30.3 Å². The molecule has 29 heavy (non-hydrogen) atoms. The van der Waals surface area contributed by atoms with E-state index in [1.54, 1.807) is 45.2 Å². The van der Waals surface area contributed by atoms with Gasteiger partial charge in [-0.05, 0) is 19.4 Å². The zero-order chi connectivity index (χ0) is 21.6. The summed E-state index contributed by atoms with van der Waals surface area (Å²) in [5, 5.41) is 6.53. The molecule has 154 valence electrons. The van der Waals surface area contributed by atoms with Gasteiger partial charge in [-0.2, -0.15) is 5.10 Å². The Labute approximate surface area is 168 Å². The van der Waals surface area contributed by atoms with Crippen molar-refractivity contribution in [2.75, 3.05) is 13.7 Å². The molecule has 1 aromatic carbocycles. The summed E-state index contributed by atoms with van der Waals surface area (Å²) in [6.07, 6.45) is 0.209. The van der Waals surface area contributed by atoms with Gasteiger partial charge in [0.2, 0.25) is 0 Å². The normalized spacial score (nSPS) is 11.4. The van der Waals surface area contributed by atoms with Crippen molar-refractivity contribution in [1.29, 1.82) is 0 Å². The van der Waals surface area contributed by atoms with Crippen LogP contribution in [0, 0.1) is 13.8 Å². The molecule has 0 saturated carbocycles. The Morgan fingerprint density at radius 3 is 2.34 bits per heavy atom. The molecule has 1 aromatic heterocycles. The van der Waals surface area contributed by atoms with Crippen LogP contribution in [-0.2, 0) is 37.3 Å². The maximum atomic E-state index is 12.3. The number of hydrogen-bond donors (Lipinski definition) is 1. The van der Waals surface area contributed by atoms with Crippen molar-refractivity contribution >= 4 is 23.6 Å². The minimum absolute atomic E-state index is 0.148. The number of esters is 2. The number of aromatic nitrogens is 2. The summed E-state index contributed by atoms with van der Waals surface area (Å²) in [5.74, 6) is -3.41. The van der Waals surface area contributed by atoms with Gasteiger partial charge in [-0.15, -0.1) is 0 Å². The molecule has 0 aliphatic carbocycles. The average molecular weight is 401 g/mol. The second kappa shape index (κ2) is 9.63. The zero-order valence-electron chi connectivity index (χ0n) is 16.7. The van der Waals surface area contributed by atoms with Crippen molar-refractivity contribution in [2.24, 2.45) is 7.05 Å². The Balaban J connectivity index is 1.96. The molecular weight excluding hydrogens is 378 g/mol. The fourth-order valence-electron chi connectivity index (χ4n) is 2.82. The average Bonchev–Trinajstić information content (AvgIpc) is 2.96. The number of rotatable bonds is 8. The molecule has 0 fully saturated rings. The number of benzene rings is 1. The molecule has 0 bridgehead atoms. The van der Waals surface area contributed by atoms with E-state index in [1.807, 2.05) is 6.07 Å². The molecular formula is C20H23N3O6. The fourth-order valence-corrected chi connectivity index (χ4v) is 2.82. The summed E-state index contributed by atoms with van der Waals surface area (Å²) in [6, 6.07) is 8.10. The first kappa shape index (κ1) is 21.8. The third-order valence-electron chi connectivity index (χ3n) is 4.36. The van der Waals surface area contributed by atoms with E-state index in [1.165, 1.54) is 11.8 Å². The molecule has 0 aliphatic heterocycles. The maximum absolute atomic E-state index is 12.3. The summed E-state index contributed by atoms with van der Waals surface area (Å²) in [6.45, 7) is 2.55. The van der Waals surface area contributed by atoms with Crippen LogP contribution in [0.4, 0.5) is 0 Å². The van der Waals surface area contributed by atoms with Gasteiger partial charge in [0.05, 0.1) is 18.4 Å². The van der Waals surface area contributed by atoms with Gasteiger partial charge in [0, 0.05) is 19.2 Å². The zero-order valence-corrected chi connectivity index (χ0v) is 16.7. The van der Waals surface area contributed by atoms with E-state index in [-0.39, 0.29) is 12.0 Å². The highest BCUT2D eigenvalue weighted by Gasteiger charge is 2.27. The first-order valence-electron chi connectivity index (χ1n) is 8.87. The topological polar surface area (TPSA) is 117 Å². The lowest BCUT2D eigenvalue weighted by Gasteiger charge is -2.16. The third-order valence-corrected chi connectivity index (χ3v) is 4.36. The van der Waals surface area contributed by atoms with Crippen LogP contribution in [0.1, 0.15) is 27.3 Å². The molecule has 0 aliphatic rings. The van der Waals surface area contributed by atoms with E-state index in [0.717, 1.165) is 5.56 Å². The van der Waals surface area contributed by atoms with Crippen LogP contribution < -0.4 is 5.32 Å². The Hall–Kier alpha value is -3.49. The van der Waals surface area contributed by atoms with E-state index in [2.05, 4.69) is 10.4 Å². The van der Waals surface area contributed by atoms with Crippen molar-refractivity contribution in [3.63, 3.8) is 0 Å². The molecule has 2 rings (SSSR count). The van der Waals surface area contributed by atoms with Gasteiger partial charge in [-0.1, -0.05) is 30.3 Å². The number of ether oxygens (including phenoxy) is 2. The fraction of sp³-hybridized carbons (Fsp3) is 0.350. The van der Waals surface area contributed by atoms with Gasteiger partial charge in [-0.25, -0.2) is 9.59 Å². The molecule has 0 saturated heterocycles. The van der Waals surface area contributed by atoms with Gasteiger partial charge in [0.15, 0.2) is 6.61 Å². The Morgan fingerprint density at radius 2 is 1.79 bits per heavy atom. The van der Waals surface area contributed by atoms with Crippen LogP contribution in [0.25, 0.3) is 0 Å². The molecule has 1 unspecified atom stereocenters. The molecule has 1 N–H and O–H groups in total. The van der Waals surface area contributed by atoms with Crippen LogP contribution in [-0.4, -0.2) is 53.2 Å². The van der Waals surface area contributed by atoms with Gasteiger partial charge >= 0.3 is 11.9 Å². The highest BCUT2D eigenvalue weighted by molar-refractivity contribution is 6.41. The molecule has 0 spiro atoms. The molecule has 9 heteroatoms. The van der Waals surface area contributed by atoms with Crippen LogP contribution in [0.5, 0.6) is 0 Å². The summed E-state index contributed by atoms with van der Waals surface area (Å²) in [7, 11) is 2.86. The number of amides is 1. The predicted molar refractivity (Wildman–Crippen MR) is 102 cm³/mol. The number of nitrogens with one attached hydrogen (secondary N) is 1. The second-order valence-corrected chi connectivity index (χ2v) is 6.41. The number of Topliss-reactive ketones (excluding diaryl/α,β-unsaturated/α-hetero) is 1. The first-order valence-corrected chi connectivity index (χ1v) is 8.87. The van der Waals surface area contributed by atoms with Crippen molar-refractivity contribution in [2.45, 2.75) is 26.3 Å². The summed E-state index contributed by atoms with van der Waals surface area (Å²) in [5.41, 5.74) is 1.87. The molecule has 1 heterocycles. The van der Waals surface area contributed by atoms with Gasteiger partial charge in [0.25, 0.3) is 11.7 Å². The largest absolute Gasteiger partial charge is 0.467 e. The van der Waals surface area contributed by atoms with Crippen LogP contribution >= 0.6 is 0 Å². The Bertz CT molecular complexity index is 920. The molecule has 9 nitrogen and oxygen atoms in total. The van der Waals surface area contributed by atoms with Crippen molar-refractivity contribution in [1.82, 2.24) is 15.1 Å². The smallest absolute Gasteiger partial charge is 0.380 e. The maximum Gasteiger partial charge on any atom is 0.380 e. The second-order valence-electron chi connectivity index (χ2n) is 6.41. The highest BCUT2D eigenvalue weighted by atomic mass is 16.5. The number of carbonyl (C=O) groups excluding carboxylic acids is 4. The number of ketones is 1. The minimum atomic E-state index is -1.17. The SMILES string of the molecule is COC(=O)C(Cc1ccccc1)NC(=O)COC(=O)C(=O)c1c(C)nn(C)c1C. The number of carbonyl (C=O) groups is 4. The van der Waals surface area contributed by atoms with E-state index >= 15 is 0 Å². The summed E-state index contributed by atoms with van der Waals surface area (Å²) < 4.78 is 11.0. The number of aryl methyl sites for hydroxylation is 2. The lowest BCUT2D eigenvalue weighted by molar-refractivity contribution is -0.147. The summed E-state index contributed by atoms with van der Waals surface area (Å²) in [4.78, 5) is 48.4. The number of methoxy groups -OCH3 is 1. The third kappa shape index (κ3) is 5.50. The molecule has 0 radical (unpaired) electrons. The first-order chi connectivity index (χ1) is 13.7. The van der Waals surface area contributed by atoms with Crippen molar-refractivity contribution < 1.29 is 28.7 Å². The van der Waals surface area contributed by atoms with Gasteiger partial charge < -0.3 is 14.8 Å². The monoisotopic (exact) mass is 401 g/mol. The molecule has 1 amide bonds. The minimum Gasteiger partial charge on any atom is -0.467 e. The van der Waals surface area contributed by atoms with E-state index in [4.69, 9.17) is 9.47 Å². The van der Waals surface area contributed by atoms with E-state index in [0.29, 0.717) is 11.4 Å². The van der Waals surface area contributed by atoms with E-state index < -0.39 is 36.3 Å². The standard InChI is InChI=1S/C20H23N3O6/c1-12-17(13(2)23(3)22-12)18(25)20(27)29-11-16(24)21-15(19(26)28-4)10-14-8-6-5-7-9-14/h5-9,15H,10-11H2,1-4H3,(H,21,24). The van der Waals surface area contributed by atoms with Crippen molar-refractivity contribution in [3.05, 3.63) is 52.8 Å². The number of nitrogens with zero attached hydrogens (tertiary/aromatic N) is 2. The number of hydrogen-bond acceptors (Lipinski definition) is 7. The van der Waals surface area contributed by atoms with E-state index in [9.17, 15) is 19.2 Å². The lowest BCUT2D eigenvalue weighted by atomic mass is 10.1. The Morgan fingerprint density at radius 1 is 1.14 bits per heavy atom. The van der Waals surface area contributed by atoms with Gasteiger partial charge in [-0.3, -0.25) is 14.3 Å². The highest BCUT2D eigenvalue weighted by Crippen LogP contribution is 2.13. The quantitative estimate of drug-likeness (QED) is 0.392.